The number of hydrogen-bond acceptors (Lipinski definition) is 6. The maximum absolute atomic E-state index is 11.4. The van der Waals surface area contributed by atoms with Crippen molar-refractivity contribution in [1.29, 1.82) is 0 Å². The molecule has 0 bridgehead atoms. The van der Waals surface area contributed by atoms with E-state index in [9.17, 15) is 4.79 Å². The SMILES string of the molecule is CCOC(=O)Nc1nc2cc(C)c(N3CCNCC3)cn2n1. The molecule has 0 saturated carbocycles. The first-order chi connectivity index (χ1) is 10.7. The van der Waals surface area contributed by atoms with Crippen LogP contribution in [0.5, 0.6) is 0 Å². The van der Waals surface area contributed by atoms with Crippen LogP contribution in [0.3, 0.4) is 0 Å². The Labute approximate surface area is 128 Å². The monoisotopic (exact) mass is 304 g/mol. The van der Waals surface area contributed by atoms with Gasteiger partial charge in [-0.1, -0.05) is 0 Å². The highest BCUT2D eigenvalue weighted by Gasteiger charge is 2.15. The molecule has 1 amide bonds. The van der Waals surface area contributed by atoms with Gasteiger partial charge in [-0.3, -0.25) is 5.32 Å². The van der Waals surface area contributed by atoms with E-state index in [1.54, 1.807) is 11.4 Å². The zero-order valence-electron chi connectivity index (χ0n) is 12.8. The normalized spacial score (nSPS) is 15.1. The first kappa shape index (κ1) is 14.6. The summed E-state index contributed by atoms with van der Waals surface area (Å²) in [5, 5.41) is 10.1. The first-order valence-electron chi connectivity index (χ1n) is 7.44. The van der Waals surface area contributed by atoms with Gasteiger partial charge in [-0.05, 0) is 25.5 Å². The molecular formula is C14H20N6O2. The Bertz CT molecular complexity index is 677. The van der Waals surface area contributed by atoms with Crippen molar-refractivity contribution in [1.82, 2.24) is 19.9 Å². The van der Waals surface area contributed by atoms with Gasteiger partial charge >= 0.3 is 6.09 Å². The summed E-state index contributed by atoms with van der Waals surface area (Å²) in [6, 6.07) is 1.97. The maximum Gasteiger partial charge on any atom is 0.414 e. The van der Waals surface area contributed by atoms with Crippen molar-refractivity contribution in [2.45, 2.75) is 13.8 Å². The second kappa shape index (κ2) is 6.18. The van der Waals surface area contributed by atoms with Crippen molar-refractivity contribution in [3.8, 4) is 0 Å². The number of anilines is 2. The quantitative estimate of drug-likeness (QED) is 0.880. The van der Waals surface area contributed by atoms with Gasteiger partial charge in [0.15, 0.2) is 5.65 Å². The second-order valence-electron chi connectivity index (χ2n) is 5.16. The Morgan fingerprint density at radius 2 is 2.23 bits per heavy atom. The minimum Gasteiger partial charge on any atom is -0.450 e. The Morgan fingerprint density at radius 3 is 2.95 bits per heavy atom. The first-order valence-corrected chi connectivity index (χ1v) is 7.44. The molecule has 8 heteroatoms. The Morgan fingerprint density at radius 1 is 1.45 bits per heavy atom. The van der Waals surface area contributed by atoms with Gasteiger partial charge in [0.25, 0.3) is 5.95 Å². The van der Waals surface area contributed by atoms with Gasteiger partial charge < -0.3 is 15.0 Å². The van der Waals surface area contributed by atoms with Crippen molar-refractivity contribution < 1.29 is 9.53 Å². The molecule has 1 fully saturated rings. The number of carbonyl (C=O) groups is 1. The molecule has 3 heterocycles. The number of aromatic nitrogens is 3. The van der Waals surface area contributed by atoms with Crippen LogP contribution in [-0.4, -0.2) is 53.5 Å². The molecule has 1 aliphatic rings. The average molecular weight is 304 g/mol. The van der Waals surface area contributed by atoms with Gasteiger partial charge in [0.1, 0.15) is 0 Å². The summed E-state index contributed by atoms with van der Waals surface area (Å²) in [5.74, 6) is 0.246. The lowest BCUT2D eigenvalue weighted by atomic mass is 10.2. The summed E-state index contributed by atoms with van der Waals surface area (Å²) in [6.45, 7) is 8.01. The van der Waals surface area contributed by atoms with Crippen LogP contribution in [0, 0.1) is 6.92 Å². The van der Waals surface area contributed by atoms with Crippen molar-refractivity contribution >= 4 is 23.4 Å². The fraction of sp³-hybridized carbons (Fsp3) is 0.500. The maximum atomic E-state index is 11.4. The number of hydrogen-bond donors (Lipinski definition) is 2. The van der Waals surface area contributed by atoms with E-state index in [1.165, 1.54) is 0 Å². The van der Waals surface area contributed by atoms with Crippen LogP contribution in [0.15, 0.2) is 12.3 Å². The third-order valence-electron chi connectivity index (χ3n) is 3.60. The molecule has 0 radical (unpaired) electrons. The van der Waals surface area contributed by atoms with E-state index in [0.717, 1.165) is 37.4 Å². The summed E-state index contributed by atoms with van der Waals surface area (Å²) in [6.07, 6.45) is 1.41. The smallest absolute Gasteiger partial charge is 0.414 e. The third kappa shape index (κ3) is 2.96. The molecule has 118 valence electrons. The highest BCUT2D eigenvalue weighted by Crippen LogP contribution is 2.22. The van der Waals surface area contributed by atoms with Crippen molar-refractivity contribution in [3.63, 3.8) is 0 Å². The molecule has 0 spiro atoms. The number of piperazine rings is 1. The van der Waals surface area contributed by atoms with Gasteiger partial charge in [0.2, 0.25) is 0 Å². The number of aryl methyl sites for hydroxylation is 1. The number of carbonyl (C=O) groups excluding carboxylic acids is 1. The number of ether oxygens (including phenoxy) is 1. The highest BCUT2D eigenvalue weighted by molar-refractivity contribution is 5.82. The predicted octanol–water partition coefficient (Wildman–Crippen LogP) is 1.02. The van der Waals surface area contributed by atoms with Crippen LogP contribution < -0.4 is 15.5 Å². The number of rotatable bonds is 3. The lowest BCUT2D eigenvalue weighted by Gasteiger charge is -2.30. The molecular weight excluding hydrogens is 284 g/mol. The van der Waals surface area contributed by atoms with E-state index in [-0.39, 0.29) is 5.95 Å². The lowest BCUT2D eigenvalue weighted by Crippen LogP contribution is -2.43. The molecule has 8 nitrogen and oxygen atoms in total. The molecule has 3 rings (SSSR count). The molecule has 0 unspecified atom stereocenters. The zero-order chi connectivity index (χ0) is 15.5. The lowest BCUT2D eigenvalue weighted by molar-refractivity contribution is 0.167. The van der Waals surface area contributed by atoms with Gasteiger partial charge in [0, 0.05) is 26.2 Å². The van der Waals surface area contributed by atoms with Crippen molar-refractivity contribution in [3.05, 3.63) is 17.8 Å². The highest BCUT2D eigenvalue weighted by atomic mass is 16.5. The summed E-state index contributed by atoms with van der Waals surface area (Å²) in [5.41, 5.74) is 2.98. The van der Waals surface area contributed by atoms with E-state index in [4.69, 9.17) is 4.74 Å². The molecule has 2 aromatic heterocycles. The molecule has 2 N–H and O–H groups in total. The van der Waals surface area contributed by atoms with E-state index >= 15 is 0 Å². The summed E-state index contributed by atoms with van der Waals surface area (Å²) >= 11 is 0. The molecule has 22 heavy (non-hydrogen) atoms. The molecule has 2 aromatic rings. The Kier molecular flexibility index (Phi) is 4.10. The van der Waals surface area contributed by atoms with Crippen LogP contribution >= 0.6 is 0 Å². The predicted molar refractivity (Wildman–Crippen MR) is 83.5 cm³/mol. The van der Waals surface area contributed by atoms with Gasteiger partial charge in [-0.2, -0.15) is 4.98 Å². The van der Waals surface area contributed by atoms with Crippen LogP contribution in [0.1, 0.15) is 12.5 Å². The Balaban J connectivity index is 1.86. The van der Waals surface area contributed by atoms with Crippen LogP contribution in [0.2, 0.25) is 0 Å². The van der Waals surface area contributed by atoms with E-state index in [2.05, 4.69) is 32.5 Å². The fourth-order valence-corrected chi connectivity index (χ4v) is 2.56. The molecule has 0 aromatic carbocycles. The fourth-order valence-electron chi connectivity index (χ4n) is 2.56. The van der Waals surface area contributed by atoms with Crippen molar-refractivity contribution in [2.75, 3.05) is 43.0 Å². The van der Waals surface area contributed by atoms with Crippen LogP contribution in [0.4, 0.5) is 16.4 Å². The summed E-state index contributed by atoms with van der Waals surface area (Å²) in [4.78, 5) is 18.0. The minimum absolute atomic E-state index is 0.246. The zero-order valence-corrected chi connectivity index (χ0v) is 12.8. The van der Waals surface area contributed by atoms with E-state index in [0.29, 0.717) is 12.3 Å². The largest absolute Gasteiger partial charge is 0.450 e. The minimum atomic E-state index is -0.544. The number of nitrogens with one attached hydrogen (secondary N) is 2. The van der Waals surface area contributed by atoms with Crippen molar-refractivity contribution in [2.24, 2.45) is 0 Å². The van der Waals surface area contributed by atoms with Crippen LogP contribution in [0.25, 0.3) is 5.65 Å². The number of fused-ring (bicyclic) bond motifs is 1. The summed E-state index contributed by atoms with van der Waals surface area (Å²) in [7, 11) is 0. The van der Waals surface area contributed by atoms with Crippen LogP contribution in [-0.2, 0) is 4.74 Å². The number of pyridine rings is 1. The van der Waals surface area contributed by atoms with Gasteiger partial charge in [0.05, 0.1) is 18.5 Å². The molecule has 1 aliphatic heterocycles. The van der Waals surface area contributed by atoms with E-state index < -0.39 is 6.09 Å². The number of amides is 1. The third-order valence-corrected chi connectivity index (χ3v) is 3.60. The van der Waals surface area contributed by atoms with Gasteiger partial charge in [-0.25, -0.2) is 9.31 Å². The topological polar surface area (TPSA) is 83.8 Å². The summed E-state index contributed by atoms with van der Waals surface area (Å²) < 4.78 is 6.52. The molecule has 1 saturated heterocycles. The number of nitrogens with zero attached hydrogens (tertiary/aromatic N) is 4. The van der Waals surface area contributed by atoms with Gasteiger partial charge in [-0.15, -0.1) is 5.10 Å². The standard InChI is InChI=1S/C14H20N6O2/c1-3-22-14(21)17-13-16-12-8-10(2)11(9-20(12)18-13)19-6-4-15-5-7-19/h8-9,15H,3-7H2,1-2H3,(H,17,18,21). The molecule has 0 atom stereocenters. The molecule has 0 aliphatic carbocycles. The average Bonchev–Trinajstić information content (AvgIpc) is 2.88. The second-order valence-corrected chi connectivity index (χ2v) is 5.16. The Hall–Kier alpha value is -2.35. The van der Waals surface area contributed by atoms with E-state index in [1.807, 2.05) is 12.3 Å².